The molecule has 1 atom stereocenters. The Kier molecular flexibility index (Phi) is 5.03. The summed E-state index contributed by atoms with van der Waals surface area (Å²) in [6.45, 7) is 3.07. The molecule has 0 saturated carbocycles. The molecule has 0 spiro atoms. The van der Waals surface area contributed by atoms with Crippen molar-refractivity contribution in [2.24, 2.45) is 0 Å². The van der Waals surface area contributed by atoms with Crippen LogP contribution in [0.1, 0.15) is 24.7 Å². The zero-order chi connectivity index (χ0) is 13.5. The summed E-state index contributed by atoms with van der Waals surface area (Å²) in [7, 11) is 0. The normalized spacial score (nSPS) is 12.5. The number of aromatic nitrogens is 3. The van der Waals surface area contributed by atoms with Gasteiger partial charge in [0.1, 0.15) is 18.0 Å². The van der Waals surface area contributed by atoms with Crippen LogP contribution in [0.2, 0.25) is 0 Å². The molecule has 1 aromatic heterocycles. The van der Waals surface area contributed by atoms with Crippen molar-refractivity contribution in [1.82, 2.24) is 20.5 Å². The van der Waals surface area contributed by atoms with Gasteiger partial charge in [-0.1, -0.05) is 12.1 Å². The third kappa shape index (κ3) is 4.79. The fraction of sp³-hybridized carbons (Fsp3) is 0.429. The molecule has 0 radical (unpaired) electrons. The molecule has 2 N–H and O–H groups in total. The van der Waals surface area contributed by atoms with Crippen molar-refractivity contribution in [2.75, 3.05) is 6.54 Å². The predicted octanol–water partition coefficient (Wildman–Crippen LogP) is 2.10. The Labute approximate surface area is 112 Å². The minimum atomic E-state index is -0.184. The van der Waals surface area contributed by atoms with Gasteiger partial charge in [-0.3, -0.25) is 5.10 Å². The van der Waals surface area contributed by atoms with Gasteiger partial charge in [-0.05, 0) is 44.0 Å². The van der Waals surface area contributed by atoms with Gasteiger partial charge in [0.2, 0.25) is 0 Å². The SMILES string of the molecule is CC(Cc1ccc(F)cc1)NCCCc1ncn[nH]1. The molecule has 19 heavy (non-hydrogen) atoms. The van der Waals surface area contributed by atoms with E-state index in [0.29, 0.717) is 6.04 Å². The first kappa shape index (κ1) is 13.7. The summed E-state index contributed by atoms with van der Waals surface area (Å²) in [6, 6.07) is 7.06. The summed E-state index contributed by atoms with van der Waals surface area (Å²) >= 11 is 0. The molecule has 1 unspecified atom stereocenters. The van der Waals surface area contributed by atoms with Gasteiger partial charge in [0.15, 0.2) is 0 Å². The van der Waals surface area contributed by atoms with E-state index in [0.717, 1.165) is 37.2 Å². The highest BCUT2D eigenvalue weighted by Gasteiger charge is 2.03. The van der Waals surface area contributed by atoms with E-state index in [1.165, 1.54) is 18.5 Å². The molecule has 0 bridgehead atoms. The molecule has 0 fully saturated rings. The molecule has 0 aliphatic heterocycles. The maximum atomic E-state index is 12.8. The molecule has 102 valence electrons. The highest BCUT2D eigenvalue weighted by Crippen LogP contribution is 2.05. The lowest BCUT2D eigenvalue weighted by molar-refractivity contribution is 0.530. The Morgan fingerprint density at radius 2 is 2.11 bits per heavy atom. The molecule has 1 aromatic carbocycles. The monoisotopic (exact) mass is 262 g/mol. The number of hydrogen-bond acceptors (Lipinski definition) is 3. The highest BCUT2D eigenvalue weighted by atomic mass is 19.1. The van der Waals surface area contributed by atoms with Gasteiger partial charge in [-0.25, -0.2) is 9.37 Å². The summed E-state index contributed by atoms with van der Waals surface area (Å²) in [5.41, 5.74) is 1.15. The third-order valence-electron chi connectivity index (χ3n) is 3.00. The smallest absolute Gasteiger partial charge is 0.137 e. The number of hydrogen-bond donors (Lipinski definition) is 2. The number of nitrogens with one attached hydrogen (secondary N) is 2. The Bertz CT molecular complexity index is 467. The molecule has 4 nitrogen and oxygen atoms in total. The first-order chi connectivity index (χ1) is 9.24. The standard InChI is InChI=1S/C14H19FN4/c1-11(9-12-4-6-13(15)7-5-12)16-8-2-3-14-17-10-18-19-14/h4-7,10-11,16H,2-3,8-9H2,1H3,(H,17,18,19). The van der Waals surface area contributed by atoms with Crippen molar-refractivity contribution >= 4 is 0 Å². The van der Waals surface area contributed by atoms with Crippen molar-refractivity contribution in [1.29, 1.82) is 0 Å². The van der Waals surface area contributed by atoms with Gasteiger partial charge in [-0.2, -0.15) is 5.10 Å². The van der Waals surface area contributed by atoms with Crippen LogP contribution in [-0.2, 0) is 12.8 Å². The molecular weight excluding hydrogens is 243 g/mol. The van der Waals surface area contributed by atoms with E-state index >= 15 is 0 Å². The summed E-state index contributed by atoms with van der Waals surface area (Å²) in [5.74, 6) is 0.740. The second kappa shape index (κ2) is 6.99. The maximum Gasteiger partial charge on any atom is 0.137 e. The van der Waals surface area contributed by atoms with Crippen LogP contribution < -0.4 is 5.32 Å². The molecular formula is C14H19FN4. The minimum Gasteiger partial charge on any atom is -0.314 e. The van der Waals surface area contributed by atoms with Crippen molar-refractivity contribution in [2.45, 2.75) is 32.2 Å². The molecule has 5 heteroatoms. The van der Waals surface area contributed by atoms with Gasteiger partial charge in [0, 0.05) is 12.5 Å². The Morgan fingerprint density at radius 1 is 1.32 bits per heavy atom. The summed E-state index contributed by atoms with van der Waals surface area (Å²) < 4.78 is 12.8. The lowest BCUT2D eigenvalue weighted by atomic mass is 10.1. The zero-order valence-electron chi connectivity index (χ0n) is 11.1. The Morgan fingerprint density at radius 3 is 2.79 bits per heavy atom. The summed E-state index contributed by atoms with van der Waals surface area (Å²) in [6.07, 6.45) is 4.35. The number of aryl methyl sites for hydroxylation is 1. The van der Waals surface area contributed by atoms with E-state index in [1.54, 1.807) is 0 Å². The van der Waals surface area contributed by atoms with E-state index in [2.05, 4.69) is 27.4 Å². The number of H-pyrrole nitrogens is 1. The molecule has 0 amide bonds. The number of halogens is 1. The predicted molar refractivity (Wildman–Crippen MR) is 72.3 cm³/mol. The summed E-state index contributed by atoms with van der Waals surface area (Å²) in [5, 5.41) is 10.1. The lowest BCUT2D eigenvalue weighted by Crippen LogP contribution is -2.29. The molecule has 0 aliphatic rings. The third-order valence-corrected chi connectivity index (χ3v) is 3.00. The van der Waals surface area contributed by atoms with Crippen molar-refractivity contribution in [3.8, 4) is 0 Å². The van der Waals surface area contributed by atoms with E-state index in [4.69, 9.17) is 0 Å². The van der Waals surface area contributed by atoms with Crippen molar-refractivity contribution in [3.05, 3.63) is 47.8 Å². The van der Waals surface area contributed by atoms with E-state index in [1.807, 2.05) is 12.1 Å². The average Bonchev–Trinajstić information content (AvgIpc) is 2.91. The fourth-order valence-corrected chi connectivity index (χ4v) is 2.00. The lowest BCUT2D eigenvalue weighted by Gasteiger charge is -2.13. The second-order valence-electron chi connectivity index (χ2n) is 4.72. The summed E-state index contributed by atoms with van der Waals surface area (Å²) in [4.78, 5) is 4.08. The number of nitrogens with zero attached hydrogens (tertiary/aromatic N) is 2. The van der Waals surface area contributed by atoms with Gasteiger partial charge in [0.25, 0.3) is 0 Å². The van der Waals surface area contributed by atoms with Crippen LogP contribution in [0.25, 0.3) is 0 Å². The van der Waals surface area contributed by atoms with E-state index in [-0.39, 0.29) is 5.82 Å². The molecule has 0 saturated heterocycles. The largest absolute Gasteiger partial charge is 0.314 e. The topological polar surface area (TPSA) is 53.6 Å². The van der Waals surface area contributed by atoms with Gasteiger partial charge in [0.05, 0.1) is 0 Å². The van der Waals surface area contributed by atoms with Crippen molar-refractivity contribution in [3.63, 3.8) is 0 Å². The number of aromatic amines is 1. The van der Waals surface area contributed by atoms with Crippen molar-refractivity contribution < 1.29 is 4.39 Å². The Hall–Kier alpha value is -1.75. The zero-order valence-corrected chi connectivity index (χ0v) is 11.1. The van der Waals surface area contributed by atoms with Crippen LogP contribution in [0.3, 0.4) is 0 Å². The van der Waals surface area contributed by atoms with E-state index < -0.39 is 0 Å². The average molecular weight is 262 g/mol. The van der Waals surface area contributed by atoms with Gasteiger partial charge in [-0.15, -0.1) is 0 Å². The van der Waals surface area contributed by atoms with Gasteiger partial charge >= 0.3 is 0 Å². The fourth-order valence-electron chi connectivity index (χ4n) is 2.00. The van der Waals surface area contributed by atoms with Crippen LogP contribution in [0.4, 0.5) is 4.39 Å². The second-order valence-corrected chi connectivity index (χ2v) is 4.72. The molecule has 2 aromatic rings. The minimum absolute atomic E-state index is 0.184. The first-order valence-electron chi connectivity index (χ1n) is 6.56. The maximum absolute atomic E-state index is 12.8. The molecule has 2 rings (SSSR count). The molecule has 1 heterocycles. The van der Waals surface area contributed by atoms with Crippen LogP contribution in [0.5, 0.6) is 0 Å². The van der Waals surface area contributed by atoms with E-state index in [9.17, 15) is 4.39 Å². The Balaban J connectivity index is 1.64. The van der Waals surface area contributed by atoms with Gasteiger partial charge < -0.3 is 5.32 Å². The quantitative estimate of drug-likeness (QED) is 0.751. The number of benzene rings is 1. The molecule has 0 aliphatic carbocycles. The van der Waals surface area contributed by atoms with Crippen LogP contribution in [0.15, 0.2) is 30.6 Å². The highest BCUT2D eigenvalue weighted by molar-refractivity contribution is 5.16. The van der Waals surface area contributed by atoms with Crippen LogP contribution in [-0.4, -0.2) is 27.8 Å². The van der Waals surface area contributed by atoms with Crippen LogP contribution >= 0.6 is 0 Å². The van der Waals surface area contributed by atoms with Crippen LogP contribution in [0, 0.1) is 5.82 Å². The first-order valence-corrected chi connectivity index (χ1v) is 6.56. The number of rotatable bonds is 7.